The molecule has 0 saturated heterocycles. The van der Waals surface area contributed by atoms with Crippen LogP contribution in [-0.4, -0.2) is 0 Å². The van der Waals surface area contributed by atoms with Gasteiger partial charge in [0, 0.05) is 4.88 Å². The molecule has 0 bridgehead atoms. The van der Waals surface area contributed by atoms with Crippen LogP contribution in [0.1, 0.15) is 17.4 Å². The zero-order chi connectivity index (χ0) is 11.6. The topological polar surface area (TPSA) is 26.0 Å². The molecule has 0 aliphatic heterocycles. The van der Waals surface area contributed by atoms with Crippen LogP contribution in [-0.2, 0) is 12.0 Å². The Bertz CT molecular complexity index is 463. The summed E-state index contributed by atoms with van der Waals surface area (Å²) in [6, 6.07) is 10.7. The maximum absolute atomic E-state index is 13.5. The first-order valence-electron chi connectivity index (χ1n) is 5.16. The highest BCUT2D eigenvalue weighted by Crippen LogP contribution is 2.27. The Kier molecular flexibility index (Phi) is 3.08. The Balaban J connectivity index is 2.25. The molecule has 0 saturated carbocycles. The second-order valence-electron chi connectivity index (χ2n) is 4.16. The van der Waals surface area contributed by atoms with E-state index in [-0.39, 0.29) is 5.82 Å². The second-order valence-corrected chi connectivity index (χ2v) is 5.11. The van der Waals surface area contributed by atoms with Crippen LogP contribution in [0.2, 0.25) is 0 Å². The molecule has 1 nitrogen and oxygen atoms in total. The third-order valence-corrected chi connectivity index (χ3v) is 3.75. The van der Waals surface area contributed by atoms with E-state index in [2.05, 4.69) is 0 Å². The zero-order valence-corrected chi connectivity index (χ0v) is 9.93. The minimum atomic E-state index is -0.504. The summed E-state index contributed by atoms with van der Waals surface area (Å²) in [7, 11) is 0. The molecule has 0 amide bonds. The summed E-state index contributed by atoms with van der Waals surface area (Å²) in [6.45, 7) is 1.94. The lowest BCUT2D eigenvalue weighted by Gasteiger charge is -2.23. The monoisotopic (exact) mass is 235 g/mol. The molecule has 2 N–H and O–H groups in total. The van der Waals surface area contributed by atoms with Gasteiger partial charge in [-0.2, -0.15) is 0 Å². The van der Waals surface area contributed by atoms with Crippen LogP contribution in [0.5, 0.6) is 0 Å². The van der Waals surface area contributed by atoms with Crippen molar-refractivity contribution in [3.63, 3.8) is 0 Å². The Labute approximate surface area is 98.7 Å². The lowest BCUT2D eigenvalue weighted by molar-refractivity contribution is 0.484. The van der Waals surface area contributed by atoms with Crippen molar-refractivity contribution < 1.29 is 4.39 Å². The lowest BCUT2D eigenvalue weighted by atomic mass is 9.92. The van der Waals surface area contributed by atoms with Crippen molar-refractivity contribution >= 4 is 11.3 Å². The van der Waals surface area contributed by atoms with Gasteiger partial charge >= 0.3 is 0 Å². The van der Waals surface area contributed by atoms with E-state index >= 15 is 0 Å². The minimum absolute atomic E-state index is 0.185. The van der Waals surface area contributed by atoms with E-state index in [0.29, 0.717) is 12.0 Å². The molecule has 0 spiro atoms. The summed E-state index contributed by atoms with van der Waals surface area (Å²) in [6.07, 6.45) is 0.514. The maximum atomic E-state index is 13.5. The number of halogens is 1. The molecule has 1 atom stereocenters. The Hall–Kier alpha value is -1.19. The molecule has 0 unspecified atom stereocenters. The Morgan fingerprint density at radius 2 is 2.00 bits per heavy atom. The molecule has 1 heterocycles. The molecule has 2 aromatic rings. The van der Waals surface area contributed by atoms with Crippen molar-refractivity contribution in [2.75, 3.05) is 0 Å². The fourth-order valence-electron chi connectivity index (χ4n) is 1.73. The predicted octanol–water partition coefficient (Wildman–Crippen LogP) is 3.30. The van der Waals surface area contributed by atoms with E-state index in [0.717, 1.165) is 4.88 Å². The largest absolute Gasteiger partial charge is 0.321 e. The zero-order valence-electron chi connectivity index (χ0n) is 9.11. The fraction of sp³-hybridized carbons (Fsp3) is 0.231. The molecular formula is C13H14FNS. The number of hydrogen-bond donors (Lipinski definition) is 1. The number of rotatable bonds is 3. The van der Waals surface area contributed by atoms with Crippen LogP contribution in [0.15, 0.2) is 41.8 Å². The number of benzene rings is 1. The molecule has 0 radical (unpaired) electrons. The smallest absolute Gasteiger partial charge is 0.126 e. The van der Waals surface area contributed by atoms with E-state index in [1.165, 1.54) is 6.07 Å². The first-order chi connectivity index (χ1) is 7.59. The summed E-state index contributed by atoms with van der Waals surface area (Å²) in [5, 5.41) is 1.99. The van der Waals surface area contributed by atoms with Crippen LogP contribution in [0.3, 0.4) is 0 Å². The molecule has 1 aromatic heterocycles. The van der Waals surface area contributed by atoms with Gasteiger partial charge in [0.25, 0.3) is 0 Å². The molecule has 1 aromatic carbocycles. The Morgan fingerprint density at radius 1 is 1.25 bits per heavy atom. The van der Waals surface area contributed by atoms with Crippen molar-refractivity contribution in [2.45, 2.75) is 18.9 Å². The van der Waals surface area contributed by atoms with E-state index in [4.69, 9.17) is 5.73 Å². The quantitative estimate of drug-likeness (QED) is 0.868. The van der Waals surface area contributed by atoms with Gasteiger partial charge in [0.05, 0.1) is 5.54 Å². The SMILES string of the molecule is C[C@](N)(Cc1ccccc1F)c1cccs1. The van der Waals surface area contributed by atoms with Gasteiger partial charge in [-0.3, -0.25) is 0 Å². The minimum Gasteiger partial charge on any atom is -0.321 e. The van der Waals surface area contributed by atoms with Crippen LogP contribution >= 0.6 is 11.3 Å². The van der Waals surface area contributed by atoms with Gasteiger partial charge in [0.15, 0.2) is 0 Å². The third-order valence-electron chi connectivity index (χ3n) is 2.60. The molecular weight excluding hydrogens is 221 g/mol. The van der Waals surface area contributed by atoms with Gasteiger partial charge in [-0.25, -0.2) is 4.39 Å². The Morgan fingerprint density at radius 3 is 2.62 bits per heavy atom. The van der Waals surface area contributed by atoms with Crippen molar-refractivity contribution in [3.8, 4) is 0 Å². The van der Waals surface area contributed by atoms with Gasteiger partial charge in [-0.1, -0.05) is 24.3 Å². The fourth-order valence-corrected chi connectivity index (χ4v) is 2.53. The highest BCUT2D eigenvalue weighted by atomic mass is 32.1. The lowest BCUT2D eigenvalue weighted by Crippen LogP contribution is -2.34. The van der Waals surface area contributed by atoms with Crippen LogP contribution in [0, 0.1) is 5.82 Å². The van der Waals surface area contributed by atoms with Crippen molar-refractivity contribution in [3.05, 3.63) is 58.0 Å². The standard InChI is InChI=1S/C13H14FNS/c1-13(15,12-7-4-8-16-12)9-10-5-2-3-6-11(10)14/h2-8H,9,15H2,1H3/t13-/m0/s1. The summed E-state index contributed by atoms with van der Waals surface area (Å²) in [5.74, 6) is -0.185. The molecule has 0 aliphatic rings. The molecule has 2 rings (SSSR count). The van der Waals surface area contributed by atoms with E-state index in [1.807, 2.05) is 30.5 Å². The normalized spacial score (nSPS) is 14.7. The van der Waals surface area contributed by atoms with Crippen molar-refractivity contribution in [2.24, 2.45) is 5.73 Å². The van der Waals surface area contributed by atoms with E-state index < -0.39 is 5.54 Å². The average Bonchev–Trinajstić information content (AvgIpc) is 2.75. The van der Waals surface area contributed by atoms with Crippen LogP contribution < -0.4 is 5.73 Å². The number of hydrogen-bond acceptors (Lipinski definition) is 2. The van der Waals surface area contributed by atoms with Crippen molar-refractivity contribution in [1.82, 2.24) is 0 Å². The number of thiophene rings is 1. The predicted molar refractivity (Wildman–Crippen MR) is 66.0 cm³/mol. The van der Waals surface area contributed by atoms with Gasteiger partial charge in [0.2, 0.25) is 0 Å². The van der Waals surface area contributed by atoms with Gasteiger partial charge < -0.3 is 5.73 Å². The molecule has 0 fully saturated rings. The highest BCUT2D eigenvalue weighted by molar-refractivity contribution is 7.10. The number of nitrogens with two attached hydrogens (primary N) is 1. The van der Waals surface area contributed by atoms with Gasteiger partial charge in [-0.15, -0.1) is 11.3 Å². The summed E-state index contributed by atoms with van der Waals surface area (Å²) < 4.78 is 13.5. The van der Waals surface area contributed by atoms with Crippen molar-refractivity contribution in [1.29, 1.82) is 0 Å². The first kappa shape index (κ1) is 11.3. The van der Waals surface area contributed by atoms with E-state index in [9.17, 15) is 4.39 Å². The van der Waals surface area contributed by atoms with Crippen LogP contribution in [0.25, 0.3) is 0 Å². The highest BCUT2D eigenvalue weighted by Gasteiger charge is 2.23. The first-order valence-corrected chi connectivity index (χ1v) is 6.04. The molecule has 0 aliphatic carbocycles. The van der Waals surface area contributed by atoms with E-state index in [1.54, 1.807) is 23.5 Å². The average molecular weight is 235 g/mol. The summed E-state index contributed by atoms with van der Waals surface area (Å²) in [5.41, 5.74) is 6.39. The van der Waals surface area contributed by atoms with Gasteiger partial charge in [0.1, 0.15) is 5.82 Å². The molecule has 84 valence electrons. The maximum Gasteiger partial charge on any atom is 0.126 e. The molecule has 16 heavy (non-hydrogen) atoms. The third kappa shape index (κ3) is 2.31. The summed E-state index contributed by atoms with van der Waals surface area (Å²) >= 11 is 1.61. The molecule has 3 heteroatoms. The van der Waals surface area contributed by atoms with Gasteiger partial charge in [-0.05, 0) is 36.4 Å². The second kappa shape index (κ2) is 4.36. The van der Waals surface area contributed by atoms with Crippen LogP contribution in [0.4, 0.5) is 4.39 Å². The summed E-state index contributed by atoms with van der Waals surface area (Å²) in [4.78, 5) is 1.08.